The highest BCUT2D eigenvalue weighted by molar-refractivity contribution is 5.70. The van der Waals surface area contributed by atoms with Gasteiger partial charge < -0.3 is 4.98 Å². The predicted molar refractivity (Wildman–Crippen MR) is 45.5 cm³/mol. The van der Waals surface area contributed by atoms with E-state index < -0.39 is 0 Å². The second-order valence-electron chi connectivity index (χ2n) is 2.71. The van der Waals surface area contributed by atoms with Gasteiger partial charge in [-0.1, -0.05) is 0 Å². The van der Waals surface area contributed by atoms with Crippen molar-refractivity contribution in [2.75, 3.05) is 0 Å². The third-order valence-electron chi connectivity index (χ3n) is 1.59. The first-order valence-corrected chi connectivity index (χ1v) is 3.55. The molecule has 0 fully saturated rings. The summed E-state index contributed by atoms with van der Waals surface area (Å²) in [5.74, 6) is 0.915. The van der Waals surface area contributed by atoms with E-state index in [1.807, 2.05) is 26.1 Å². The molecule has 0 unspecified atom stereocenters. The van der Waals surface area contributed by atoms with Crippen molar-refractivity contribution in [1.82, 2.24) is 15.0 Å². The van der Waals surface area contributed by atoms with E-state index in [1.54, 1.807) is 0 Å². The van der Waals surface area contributed by atoms with Gasteiger partial charge in [-0.25, -0.2) is 9.97 Å². The van der Waals surface area contributed by atoms with Crippen LogP contribution in [0.3, 0.4) is 0 Å². The summed E-state index contributed by atoms with van der Waals surface area (Å²) in [6.07, 6.45) is 1.82. The van der Waals surface area contributed by atoms with Crippen LogP contribution >= 0.6 is 0 Å². The summed E-state index contributed by atoms with van der Waals surface area (Å²) in [7, 11) is 0. The average molecular weight is 149 g/mol. The fraction of sp³-hybridized carbons (Fsp3) is 0.250. The number of aromatic amines is 1. The molecule has 2 aromatic rings. The number of pyridine rings is 1. The van der Waals surface area contributed by atoms with Crippen LogP contribution in [0, 0.1) is 13.8 Å². The van der Waals surface area contributed by atoms with E-state index in [0.717, 1.165) is 22.6 Å². The van der Waals surface area contributed by atoms with E-state index in [0.29, 0.717) is 0 Å². The highest BCUT2D eigenvalue weighted by Gasteiger charge is 1.98. The van der Waals surface area contributed by atoms with Crippen molar-refractivity contribution in [1.29, 1.82) is 0 Å². The Hall–Kier alpha value is -1.38. The molecule has 3 heteroatoms. The van der Waals surface area contributed by atoms with Crippen LogP contribution in [-0.4, -0.2) is 15.0 Å². The highest BCUT2D eigenvalue weighted by Crippen LogP contribution is 2.08. The molecule has 0 spiro atoms. The van der Waals surface area contributed by atoms with Gasteiger partial charge in [-0.2, -0.15) is 0 Å². The lowest BCUT2D eigenvalue weighted by Gasteiger charge is -1.88. The third-order valence-corrected chi connectivity index (χ3v) is 1.59. The van der Waals surface area contributed by atoms with Gasteiger partial charge in [0, 0.05) is 7.62 Å². The van der Waals surface area contributed by atoms with Crippen LogP contribution in [0.1, 0.15) is 12.8 Å². The molecule has 0 aliphatic rings. The quantitative estimate of drug-likeness (QED) is 0.620. The Bertz CT molecular complexity index is 394. The summed E-state index contributed by atoms with van der Waals surface area (Å²) < 4.78 is 0. The maximum atomic E-state index is 4.19. The largest absolute Gasteiger partial charge is 0.341 e. The van der Waals surface area contributed by atoms with Crippen molar-refractivity contribution in [3.8, 4) is 0 Å². The van der Waals surface area contributed by atoms with Crippen molar-refractivity contribution in [2.24, 2.45) is 0 Å². The molecule has 0 saturated carbocycles. The van der Waals surface area contributed by atoms with Crippen molar-refractivity contribution in [2.45, 2.75) is 13.8 Å². The zero-order chi connectivity index (χ0) is 7.84. The molecule has 11 heavy (non-hydrogen) atoms. The molecule has 0 bridgehead atoms. The van der Waals surface area contributed by atoms with E-state index in [-0.39, 0.29) is 1.43 Å². The average Bonchev–Trinajstić information content (AvgIpc) is 2.27. The molecular formula is C8H11N3. The van der Waals surface area contributed by atoms with Crippen LogP contribution in [0.15, 0.2) is 12.3 Å². The first kappa shape index (κ1) is 6.34. The van der Waals surface area contributed by atoms with E-state index in [1.165, 1.54) is 0 Å². The van der Waals surface area contributed by atoms with Gasteiger partial charge in [0.05, 0.1) is 5.52 Å². The maximum absolute atomic E-state index is 4.19. The molecule has 0 atom stereocenters. The number of rotatable bonds is 0. The molecule has 0 amide bonds. The minimum atomic E-state index is 0. The molecule has 0 aliphatic heterocycles. The lowest BCUT2D eigenvalue weighted by Crippen LogP contribution is -1.77. The zero-order valence-corrected chi connectivity index (χ0v) is 6.55. The van der Waals surface area contributed by atoms with Gasteiger partial charge in [0.1, 0.15) is 5.82 Å². The molecular weight excluding hydrogens is 138 g/mol. The van der Waals surface area contributed by atoms with Crippen molar-refractivity contribution >= 4 is 11.2 Å². The monoisotopic (exact) mass is 149 g/mol. The zero-order valence-electron chi connectivity index (χ0n) is 6.55. The van der Waals surface area contributed by atoms with Gasteiger partial charge >= 0.3 is 0 Å². The second-order valence-corrected chi connectivity index (χ2v) is 2.71. The Balaban J connectivity index is 0.000000720. The van der Waals surface area contributed by atoms with Crippen LogP contribution in [0.2, 0.25) is 0 Å². The van der Waals surface area contributed by atoms with Crippen LogP contribution in [-0.2, 0) is 0 Å². The van der Waals surface area contributed by atoms with Gasteiger partial charge in [0.2, 0.25) is 0 Å². The molecule has 2 aromatic heterocycles. The van der Waals surface area contributed by atoms with Crippen molar-refractivity contribution in [3.05, 3.63) is 23.7 Å². The van der Waals surface area contributed by atoms with Crippen LogP contribution in [0.4, 0.5) is 0 Å². The summed E-state index contributed by atoms with van der Waals surface area (Å²) in [6.45, 7) is 3.94. The second kappa shape index (κ2) is 2.05. The smallest absolute Gasteiger partial charge is 0.177 e. The molecule has 2 heterocycles. The SMILES string of the molecule is Cc1cnc2nc(C)[nH]c2c1.[HH]. The normalized spacial score (nSPS) is 10.7. The van der Waals surface area contributed by atoms with Crippen molar-refractivity contribution in [3.63, 3.8) is 0 Å². The van der Waals surface area contributed by atoms with Gasteiger partial charge in [-0.3, -0.25) is 0 Å². The fourth-order valence-electron chi connectivity index (χ4n) is 1.12. The van der Waals surface area contributed by atoms with Crippen molar-refractivity contribution < 1.29 is 1.43 Å². The molecule has 0 radical (unpaired) electrons. The Kier molecular flexibility index (Phi) is 1.18. The lowest BCUT2D eigenvalue weighted by molar-refractivity contribution is 1.16. The van der Waals surface area contributed by atoms with E-state index >= 15 is 0 Å². The van der Waals surface area contributed by atoms with Crippen LogP contribution < -0.4 is 0 Å². The number of H-pyrrole nitrogens is 1. The lowest BCUT2D eigenvalue weighted by atomic mass is 10.3. The first-order chi connectivity index (χ1) is 5.25. The summed E-state index contributed by atoms with van der Waals surface area (Å²) in [4.78, 5) is 11.5. The van der Waals surface area contributed by atoms with Gasteiger partial charge in [-0.05, 0) is 25.5 Å². The summed E-state index contributed by atoms with van der Waals surface area (Å²) in [5, 5.41) is 0. The number of hydrogen-bond acceptors (Lipinski definition) is 2. The molecule has 0 aromatic carbocycles. The standard InChI is InChI=1S/C8H9N3.H2/c1-5-3-7-8(9-4-5)11-6(2)10-7;/h3-4H,1-2H3,(H,9,10,11);1H. The molecule has 0 saturated heterocycles. The summed E-state index contributed by atoms with van der Waals surface area (Å²) in [6, 6.07) is 2.04. The van der Waals surface area contributed by atoms with Crippen LogP contribution in [0.25, 0.3) is 11.2 Å². The molecule has 0 aliphatic carbocycles. The highest BCUT2D eigenvalue weighted by atomic mass is 15.0. The minimum absolute atomic E-state index is 0. The van der Waals surface area contributed by atoms with Gasteiger partial charge in [0.25, 0.3) is 0 Å². The predicted octanol–water partition coefficient (Wildman–Crippen LogP) is 1.82. The number of aromatic nitrogens is 3. The van der Waals surface area contributed by atoms with Gasteiger partial charge in [0.15, 0.2) is 5.65 Å². The van der Waals surface area contributed by atoms with E-state index in [9.17, 15) is 0 Å². The van der Waals surface area contributed by atoms with E-state index in [2.05, 4.69) is 15.0 Å². The molecule has 1 N–H and O–H groups in total. The molecule has 3 nitrogen and oxygen atoms in total. The van der Waals surface area contributed by atoms with Gasteiger partial charge in [-0.15, -0.1) is 0 Å². The van der Waals surface area contributed by atoms with E-state index in [4.69, 9.17) is 0 Å². The topological polar surface area (TPSA) is 41.6 Å². The molecule has 58 valence electrons. The number of nitrogens with zero attached hydrogens (tertiary/aromatic N) is 2. The number of aryl methyl sites for hydroxylation is 2. The fourth-order valence-corrected chi connectivity index (χ4v) is 1.12. The summed E-state index contributed by atoms with van der Waals surface area (Å²) >= 11 is 0. The third kappa shape index (κ3) is 0.981. The minimum Gasteiger partial charge on any atom is -0.341 e. The number of imidazole rings is 1. The Morgan fingerprint density at radius 2 is 2.27 bits per heavy atom. The Morgan fingerprint density at radius 1 is 1.45 bits per heavy atom. The number of hydrogen-bond donors (Lipinski definition) is 1. The maximum Gasteiger partial charge on any atom is 0.177 e. The summed E-state index contributed by atoms with van der Waals surface area (Å²) in [5.41, 5.74) is 2.97. The number of fused-ring (bicyclic) bond motifs is 1. The Morgan fingerprint density at radius 3 is 3.09 bits per heavy atom. The van der Waals surface area contributed by atoms with Crippen LogP contribution in [0.5, 0.6) is 0 Å². The first-order valence-electron chi connectivity index (χ1n) is 3.55. The number of nitrogens with one attached hydrogen (secondary N) is 1. The molecule has 2 rings (SSSR count). The Labute approximate surface area is 66.0 Å².